The largest absolute Gasteiger partial charge is 0.352 e. The van der Waals surface area contributed by atoms with Crippen LogP contribution in [0.2, 0.25) is 5.02 Å². The molecule has 3 aromatic rings. The van der Waals surface area contributed by atoms with E-state index in [0.717, 1.165) is 43.6 Å². The van der Waals surface area contributed by atoms with Crippen LogP contribution in [0.5, 0.6) is 0 Å². The van der Waals surface area contributed by atoms with Crippen molar-refractivity contribution in [3.63, 3.8) is 0 Å². The number of amides is 1. The first kappa shape index (κ1) is 18.5. The number of para-hydroxylation sites is 2. The summed E-state index contributed by atoms with van der Waals surface area (Å²) in [5.41, 5.74) is 2.92. The monoisotopic (exact) mass is 369 g/mol. The predicted octanol–water partition coefficient (Wildman–Crippen LogP) is 4.85. The molecule has 1 heterocycles. The highest BCUT2D eigenvalue weighted by atomic mass is 35.5. The van der Waals surface area contributed by atoms with Gasteiger partial charge in [0, 0.05) is 30.1 Å². The van der Waals surface area contributed by atoms with E-state index in [2.05, 4.69) is 35.0 Å². The third kappa shape index (κ3) is 4.44. The van der Waals surface area contributed by atoms with Crippen molar-refractivity contribution in [2.45, 2.75) is 39.2 Å². The molecule has 136 valence electrons. The van der Waals surface area contributed by atoms with Gasteiger partial charge < -0.3 is 9.88 Å². The van der Waals surface area contributed by atoms with Crippen LogP contribution >= 0.6 is 11.6 Å². The molecule has 0 saturated carbocycles. The van der Waals surface area contributed by atoms with Crippen molar-refractivity contribution in [1.29, 1.82) is 0 Å². The molecule has 5 heteroatoms. The second-order valence-corrected chi connectivity index (χ2v) is 6.77. The van der Waals surface area contributed by atoms with Gasteiger partial charge in [-0.05, 0) is 56.2 Å². The number of carbonyl (C=O) groups is 1. The molecule has 2 aromatic carbocycles. The topological polar surface area (TPSA) is 46.9 Å². The first-order chi connectivity index (χ1) is 12.7. The molecular formula is C21H24ClN3O. The second kappa shape index (κ2) is 8.86. The van der Waals surface area contributed by atoms with Crippen molar-refractivity contribution < 1.29 is 4.79 Å². The highest BCUT2D eigenvalue weighted by Gasteiger charge is 2.08. The summed E-state index contributed by atoms with van der Waals surface area (Å²) in [6, 6.07) is 15.2. The fourth-order valence-corrected chi connectivity index (χ4v) is 3.29. The third-order valence-electron chi connectivity index (χ3n) is 4.52. The number of aromatic nitrogens is 2. The van der Waals surface area contributed by atoms with Crippen molar-refractivity contribution in [3.8, 4) is 0 Å². The molecule has 4 nitrogen and oxygen atoms in total. The molecule has 0 atom stereocenters. The van der Waals surface area contributed by atoms with Gasteiger partial charge >= 0.3 is 0 Å². The number of unbranched alkanes of at least 4 members (excludes halogenated alkanes) is 2. The van der Waals surface area contributed by atoms with Gasteiger partial charge in [-0.2, -0.15) is 0 Å². The minimum atomic E-state index is -0.0468. The maximum absolute atomic E-state index is 12.0. The van der Waals surface area contributed by atoms with Crippen LogP contribution in [0.1, 0.15) is 42.4 Å². The number of fused-ring (bicyclic) bond motifs is 1. The van der Waals surface area contributed by atoms with E-state index in [9.17, 15) is 4.79 Å². The van der Waals surface area contributed by atoms with Crippen molar-refractivity contribution in [2.75, 3.05) is 6.54 Å². The molecular weight excluding hydrogens is 346 g/mol. The summed E-state index contributed by atoms with van der Waals surface area (Å²) in [6.07, 6.45) is 4.06. The average Bonchev–Trinajstić information content (AvgIpc) is 3.02. The van der Waals surface area contributed by atoms with Gasteiger partial charge in [-0.3, -0.25) is 4.79 Å². The number of hydrogen-bond acceptors (Lipinski definition) is 2. The lowest BCUT2D eigenvalue weighted by atomic mass is 10.1. The Kier molecular flexibility index (Phi) is 6.29. The Morgan fingerprint density at radius 1 is 1.08 bits per heavy atom. The summed E-state index contributed by atoms with van der Waals surface area (Å²) in [6.45, 7) is 3.78. The predicted molar refractivity (Wildman–Crippen MR) is 107 cm³/mol. The van der Waals surface area contributed by atoms with Gasteiger partial charge in [0.1, 0.15) is 5.82 Å². The van der Waals surface area contributed by atoms with Crippen molar-refractivity contribution in [3.05, 3.63) is 64.9 Å². The van der Waals surface area contributed by atoms with Crippen LogP contribution in [0.25, 0.3) is 11.0 Å². The van der Waals surface area contributed by atoms with Gasteiger partial charge in [0.05, 0.1) is 11.0 Å². The Hall–Kier alpha value is -2.33. The molecule has 0 aliphatic heterocycles. The number of carbonyl (C=O) groups excluding carboxylic acids is 1. The highest BCUT2D eigenvalue weighted by molar-refractivity contribution is 6.30. The SMILES string of the molecule is CCn1c(CCCCCNC(=O)c2ccc(Cl)cc2)nc2ccccc21. The first-order valence-electron chi connectivity index (χ1n) is 9.17. The molecule has 0 fully saturated rings. The molecule has 0 aliphatic rings. The van der Waals surface area contributed by atoms with Gasteiger partial charge in [0.15, 0.2) is 0 Å². The minimum Gasteiger partial charge on any atom is -0.352 e. The average molecular weight is 370 g/mol. The van der Waals surface area contributed by atoms with Crippen LogP contribution in [0.3, 0.4) is 0 Å². The molecule has 1 aromatic heterocycles. The number of nitrogens with one attached hydrogen (secondary N) is 1. The van der Waals surface area contributed by atoms with E-state index in [-0.39, 0.29) is 5.91 Å². The maximum Gasteiger partial charge on any atom is 0.251 e. The third-order valence-corrected chi connectivity index (χ3v) is 4.77. The summed E-state index contributed by atoms with van der Waals surface area (Å²) in [7, 11) is 0. The van der Waals surface area contributed by atoms with E-state index in [0.29, 0.717) is 17.1 Å². The summed E-state index contributed by atoms with van der Waals surface area (Å²) in [5, 5.41) is 3.60. The summed E-state index contributed by atoms with van der Waals surface area (Å²) in [5.74, 6) is 1.10. The number of halogens is 1. The molecule has 1 amide bonds. The zero-order valence-corrected chi connectivity index (χ0v) is 15.8. The molecule has 0 bridgehead atoms. The van der Waals surface area contributed by atoms with E-state index < -0.39 is 0 Å². The molecule has 1 N–H and O–H groups in total. The summed E-state index contributed by atoms with van der Waals surface area (Å²) >= 11 is 5.84. The molecule has 0 aliphatic carbocycles. The Morgan fingerprint density at radius 3 is 2.62 bits per heavy atom. The molecule has 0 saturated heterocycles. The lowest BCUT2D eigenvalue weighted by Gasteiger charge is -2.07. The van der Waals surface area contributed by atoms with Crippen molar-refractivity contribution >= 4 is 28.5 Å². The minimum absolute atomic E-state index is 0.0468. The van der Waals surface area contributed by atoms with Crippen LogP contribution < -0.4 is 5.32 Å². The van der Waals surface area contributed by atoms with Gasteiger partial charge in [-0.25, -0.2) is 4.98 Å². The Bertz CT molecular complexity index is 871. The first-order valence-corrected chi connectivity index (χ1v) is 9.54. The van der Waals surface area contributed by atoms with Crippen LogP contribution in [-0.4, -0.2) is 22.0 Å². The molecule has 0 spiro atoms. The number of nitrogens with zero attached hydrogens (tertiary/aromatic N) is 2. The van der Waals surface area contributed by atoms with E-state index in [1.807, 2.05) is 6.07 Å². The molecule has 26 heavy (non-hydrogen) atoms. The fraction of sp³-hybridized carbons (Fsp3) is 0.333. The number of hydrogen-bond donors (Lipinski definition) is 1. The highest BCUT2D eigenvalue weighted by Crippen LogP contribution is 2.17. The summed E-state index contributed by atoms with van der Waals surface area (Å²) < 4.78 is 2.29. The maximum atomic E-state index is 12.0. The number of benzene rings is 2. The van der Waals surface area contributed by atoms with E-state index in [1.54, 1.807) is 24.3 Å². The van der Waals surface area contributed by atoms with Crippen molar-refractivity contribution in [1.82, 2.24) is 14.9 Å². The van der Waals surface area contributed by atoms with Crippen LogP contribution in [-0.2, 0) is 13.0 Å². The van der Waals surface area contributed by atoms with Gasteiger partial charge in [0.25, 0.3) is 5.91 Å². The zero-order valence-electron chi connectivity index (χ0n) is 15.0. The van der Waals surface area contributed by atoms with Crippen molar-refractivity contribution in [2.24, 2.45) is 0 Å². The molecule has 3 rings (SSSR count). The standard InChI is InChI=1S/C21H24ClN3O/c1-2-25-19-9-6-5-8-18(19)24-20(25)10-4-3-7-15-23-21(26)16-11-13-17(22)14-12-16/h5-6,8-9,11-14H,2-4,7,10,15H2,1H3,(H,23,26). The summed E-state index contributed by atoms with van der Waals surface area (Å²) in [4.78, 5) is 16.8. The van der Waals surface area contributed by atoms with Gasteiger partial charge in [-0.1, -0.05) is 30.2 Å². The number of imidazole rings is 1. The lowest BCUT2D eigenvalue weighted by molar-refractivity contribution is 0.0953. The molecule has 0 unspecified atom stereocenters. The zero-order chi connectivity index (χ0) is 18.4. The second-order valence-electron chi connectivity index (χ2n) is 6.33. The van der Waals surface area contributed by atoms with Gasteiger partial charge in [0.2, 0.25) is 0 Å². The smallest absolute Gasteiger partial charge is 0.251 e. The van der Waals surface area contributed by atoms with Crippen LogP contribution in [0.4, 0.5) is 0 Å². The van der Waals surface area contributed by atoms with Crippen LogP contribution in [0, 0.1) is 0 Å². The molecule has 0 radical (unpaired) electrons. The lowest BCUT2D eigenvalue weighted by Crippen LogP contribution is -2.24. The van der Waals surface area contributed by atoms with E-state index in [4.69, 9.17) is 16.6 Å². The van der Waals surface area contributed by atoms with E-state index >= 15 is 0 Å². The Balaban J connectivity index is 1.42. The van der Waals surface area contributed by atoms with Gasteiger partial charge in [-0.15, -0.1) is 0 Å². The quantitative estimate of drug-likeness (QED) is 0.577. The normalized spacial score (nSPS) is 11.0. The Labute approximate surface area is 159 Å². The van der Waals surface area contributed by atoms with Crippen LogP contribution in [0.15, 0.2) is 48.5 Å². The number of aryl methyl sites for hydroxylation is 2. The van der Waals surface area contributed by atoms with E-state index in [1.165, 1.54) is 5.52 Å². The Morgan fingerprint density at radius 2 is 1.85 bits per heavy atom. The fourth-order valence-electron chi connectivity index (χ4n) is 3.16. The number of rotatable bonds is 8.